The normalized spacial score (nSPS) is 11.8. The molecule has 0 unspecified atom stereocenters. The summed E-state index contributed by atoms with van der Waals surface area (Å²) in [5.74, 6) is -1.17. The van der Waals surface area contributed by atoms with E-state index in [1.807, 2.05) is 62.4 Å². The summed E-state index contributed by atoms with van der Waals surface area (Å²) in [5, 5.41) is 4.06. The van der Waals surface area contributed by atoms with Crippen molar-refractivity contribution in [1.29, 1.82) is 0 Å². The molecule has 37 heavy (non-hydrogen) atoms. The first kappa shape index (κ1) is 26.5. The fraction of sp³-hybridized carbons (Fsp3) is 0.207. The molecule has 0 spiro atoms. The second kappa shape index (κ2) is 11.2. The van der Waals surface area contributed by atoms with Crippen molar-refractivity contribution in [2.45, 2.75) is 32.9 Å². The van der Waals surface area contributed by atoms with Crippen molar-refractivity contribution in [3.05, 3.63) is 104 Å². The number of rotatable bonds is 7. The summed E-state index contributed by atoms with van der Waals surface area (Å²) >= 11 is 12.3. The number of nitrogens with one attached hydrogen (secondary N) is 1. The predicted molar refractivity (Wildman–Crippen MR) is 147 cm³/mol. The van der Waals surface area contributed by atoms with Crippen molar-refractivity contribution in [2.24, 2.45) is 0 Å². The van der Waals surface area contributed by atoms with E-state index in [9.17, 15) is 14.4 Å². The summed E-state index contributed by atoms with van der Waals surface area (Å²) in [7, 11) is 1.26. The highest BCUT2D eigenvalue weighted by Gasteiger charge is 2.25. The smallest absolute Gasteiger partial charge is 0.328 e. The van der Waals surface area contributed by atoms with E-state index >= 15 is 0 Å². The van der Waals surface area contributed by atoms with Crippen LogP contribution < -0.4 is 10.9 Å². The second-order valence-electron chi connectivity index (χ2n) is 8.61. The number of benzene rings is 3. The predicted octanol–water partition coefficient (Wildman–Crippen LogP) is 5.82. The lowest BCUT2D eigenvalue weighted by Crippen LogP contribution is -2.43. The first-order valence-corrected chi connectivity index (χ1v) is 12.6. The summed E-state index contributed by atoms with van der Waals surface area (Å²) in [6.07, 6.45) is 0.177. The van der Waals surface area contributed by atoms with Gasteiger partial charge in [-0.3, -0.25) is 9.59 Å². The van der Waals surface area contributed by atoms with Crippen LogP contribution in [0.2, 0.25) is 10.0 Å². The third-order valence-electron chi connectivity index (χ3n) is 6.41. The molecule has 0 saturated heterocycles. The SMILES string of the molecule is CCn1c(=O)c(-c2ccc(C[C@H](NC(=O)c3c(Cl)cccc3Cl)C(=O)OC)cc2)c(C)c2ccccc21. The van der Waals surface area contributed by atoms with E-state index in [4.69, 9.17) is 27.9 Å². The van der Waals surface area contributed by atoms with E-state index in [2.05, 4.69) is 5.32 Å². The minimum Gasteiger partial charge on any atom is -0.467 e. The van der Waals surface area contributed by atoms with Crippen molar-refractivity contribution >= 4 is 46.0 Å². The molecule has 0 bridgehead atoms. The van der Waals surface area contributed by atoms with Crippen LogP contribution in [-0.2, 0) is 22.5 Å². The summed E-state index contributed by atoms with van der Waals surface area (Å²) in [6, 6.07) is 19.0. The number of amides is 1. The first-order valence-electron chi connectivity index (χ1n) is 11.8. The number of nitrogens with zero attached hydrogens (tertiary/aromatic N) is 1. The molecule has 0 radical (unpaired) electrons. The topological polar surface area (TPSA) is 77.4 Å². The Morgan fingerprint density at radius 2 is 1.62 bits per heavy atom. The Morgan fingerprint density at radius 1 is 0.973 bits per heavy atom. The van der Waals surface area contributed by atoms with Gasteiger partial charge in [-0.1, -0.05) is 71.7 Å². The monoisotopic (exact) mass is 536 g/mol. The van der Waals surface area contributed by atoms with Crippen molar-refractivity contribution < 1.29 is 14.3 Å². The summed E-state index contributed by atoms with van der Waals surface area (Å²) in [4.78, 5) is 38.7. The lowest BCUT2D eigenvalue weighted by Gasteiger charge is -2.18. The number of hydrogen-bond acceptors (Lipinski definition) is 4. The van der Waals surface area contributed by atoms with Crippen LogP contribution >= 0.6 is 23.2 Å². The number of hydrogen-bond donors (Lipinski definition) is 1. The van der Waals surface area contributed by atoms with Gasteiger partial charge >= 0.3 is 5.97 Å². The van der Waals surface area contributed by atoms with Crippen LogP contribution in [0, 0.1) is 6.92 Å². The molecular formula is C29H26Cl2N2O4. The number of carbonyl (C=O) groups excluding carboxylic acids is 2. The number of carbonyl (C=O) groups is 2. The van der Waals surface area contributed by atoms with Gasteiger partial charge in [-0.15, -0.1) is 0 Å². The average molecular weight is 537 g/mol. The molecule has 1 heterocycles. The zero-order valence-electron chi connectivity index (χ0n) is 20.7. The molecule has 0 aliphatic carbocycles. The number of pyridine rings is 1. The van der Waals surface area contributed by atoms with E-state index in [0.717, 1.165) is 27.6 Å². The summed E-state index contributed by atoms with van der Waals surface area (Å²) in [6.45, 7) is 4.46. The highest BCUT2D eigenvalue weighted by Crippen LogP contribution is 2.28. The molecule has 8 heteroatoms. The van der Waals surface area contributed by atoms with Gasteiger partial charge in [-0.05, 0) is 48.7 Å². The van der Waals surface area contributed by atoms with Gasteiger partial charge in [-0.25, -0.2) is 4.79 Å². The molecule has 1 N–H and O–H groups in total. The molecule has 0 fully saturated rings. The molecule has 0 aliphatic rings. The average Bonchev–Trinajstić information content (AvgIpc) is 2.89. The summed E-state index contributed by atoms with van der Waals surface area (Å²) in [5.41, 5.74) is 4.05. The van der Waals surface area contributed by atoms with E-state index in [-0.39, 0.29) is 27.6 Å². The molecular weight excluding hydrogens is 511 g/mol. The number of aryl methyl sites for hydroxylation is 2. The fourth-order valence-electron chi connectivity index (χ4n) is 4.54. The second-order valence-corrected chi connectivity index (χ2v) is 9.43. The number of halogens is 2. The van der Waals surface area contributed by atoms with Crippen LogP contribution in [0.15, 0.2) is 71.5 Å². The van der Waals surface area contributed by atoms with E-state index < -0.39 is 17.9 Å². The van der Waals surface area contributed by atoms with E-state index in [1.54, 1.807) is 22.8 Å². The van der Waals surface area contributed by atoms with Gasteiger partial charge in [0.15, 0.2) is 0 Å². The maximum atomic E-state index is 13.4. The van der Waals surface area contributed by atoms with Gasteiger partial charge < -0.3 is 14.6 Å². The molecule has 4 rings (SSSR count). The van der Waals surface area contributed by atoms with Crippen LogP contribution in [0.1, 0.15) is 28.4 Å². The van der Waals surface area contributed by atoms with Crippen molar-refractivity contribution in [3.8, 4) is 11.1 Å². The molecule has 1 aromatic heterocycles. The quantitative estimate of drug-likeness (QED) is 0.302. The molecule has 0 saturated carbocycles. The highest BCUT2D eigenvalue weighted by molar-refractivity contribution is 6.39. The lowest BCUT2D eigenvalue weighted by molar-refractivity contribution is -0.142. The van der Waals surface area contributed by atoms with Crippen LogP contribution in [0.3, 0.4) is 0 Å². The van der Waals surface area contributed by atoms with Crippen LogP contribution in [-0.4, -0.2) is 29.6 Å². The van der Waals surface area contributed by atoms with Crippen molar-refractivity contribution in [1.82, 2.24) is 9.88 Å². The number of para-hydroxylation sites is 1. The van der Waals surface area contributed by atoms with E-state index in [0.29, 0.717) is 12.1 Å². The zero-order valence-corrected chi connectivity index (χ0v) is 22.2. The van der Waals surface area contributed by atoms with Gasteiger partial charge in [0.05, 0.1) is 33.8 Å². The number of fused-ring (bicyclic) bond motifs is 1. The van der Waals surface area contributed by atoms with Crippen molar-refractivity contribution in [2.75, 3.05) is 7.11 Å². The van der Waals surface area contributed by atoms with Crippen molar-refractivity contribution in [3.63, 3.8) is 0 Å². The zero-order chi connectivity index (χ0) is 26.7. The van der Waals surface area contributed by atoms with E-state index in [1.165, 1.54) is 7.11 Å². The molecule has 4 aromatic rings. The number of esters is 1. The molecule has 0 aliphatic heterocycles. The molecule has 1 atom stereocenters. The largest absolute Gasteiger partial charge is 0.467 e. The molecule has 3 aromatic carbocycles. The third kappa shape index (κ3) is 5.26. The Labute approximate surface area is 224 Å². The minimum absolute atomic E-state index is 0.0530. The minimum atomic E-state index is -0.963. The maximum Gasteiger partial charge on any atom is 0.328 e. The van der Waals surface area contributed by atoms with Gasteiger partial charge in [0.25, 0.3) is 11.5 Å². The Hall–Kier alpha value is -3.61. The standard InChI is InChI=1S/C29H26Cl2N2O4/c1-4-33-24-11-6-5-8-20(24)17(2)25(28(33)35)19-14-12-18(13-15-19)16-23(29(36)37-3)32-27(34)26-21(30)9-7-10-22(26)31/h5-15,23H,4,16H2,1-3H3,(H,32,34)/t23-/m0/s1. The number of aromatic nitrogens is 1. The molecule has 190 valence electrons. The first-order chi connectivity index (χ1) is 17.8. The Morgan fingerprint density at radius 3 is 2.24 bits per heavy atom. The highest BCUT2D eigenvalue weighted by atomic mass is 35.5. The van der Waals surface area contributed by atoms with Crippen LogP contribution in [0.5, 0.6) is 0 Å². The summed E-state index contributed by atoms with van der Waals surface area (Å²) < 4.78 is 6.68. The Bertz CT molecular complexity index is 1520. The van der Waals surface area contributed by atoms with Gasteiger partial charge in [0, 0.05) is 18.4 Å². The Kier molecular flexibility index (Phi) is 8.00. The number of methoxy groups -OCH3 is 1. The van der Waals surface area contributed by atoms with Gasteiger partial charge in [-0.2, -0.15) is 0 Å². The van der Waals surface area contributed by atoms with Gasteiger partial charge in [0.1, 0.15) is 6.04 Å². The van der Waals surface area contributed by atoms with Gasteiger partial charge in [0.2, 0.25) is 0 Å². The van der Waals surface area contributed by atoms with Crippen LogP contribution in [0.4, 0.5) is 0 Å². The molecule has 1 amide bonds. The molecule has 6 nitrogen and oxygen atoms in total. The number of ether oxygens (including phenoxy) is 1. The third-order valence-corrected chi connectivity index (χ3v) is 7.04. The maximum absolute atomic E-state index is 13.4. The Balaban J connectivity index is 1.64. The lowest BCUT2D eigenvalue weighted by atomic mass is 9.96. The van der Waals surface area contributed by atoms with Crippen LogP contribution in [0.25, 0.3) is 22.0 Å². The fourth-order valence-corrected chi connectivity index (χ4v) is 5.11.